The van der Waals surface area contributed by atoms with Crippen molar-refractivity contribution in [3.8, 4) is 0 Å². The average Bonchev–Trinajstić information content (AvgIpc) is 2.61. The molecule has 0 spiro atoms. The molecule has 0 aliphatic heterocycles. The van der Waals surface area contributed by atoms with Crippen LogP contribution < -0.4 is 5.32 Å². The maximum Gasteiger partial charge on any atom is 0.338 e. The minimum atomic E-state index is -1.08. The number of hydrogen-bond donors (Lipinski definition) is 1. The van der Waals surface area contributed by atoms with Crippen LogP contribution in [0.3, 0.4) is 0 Å². The highest BCUT2D eigenvalue weighted by atomic mass is 16.6. The molecule has 1 N–H and O–H groups in total. The highest BCUT2D eigenvalue weighted by Crippen LogP contribution is 2.19. The van der Waals surface area contributed by atoms with Crippen molar-refractivity contribution in [3.63, 3.8) is 0 Å². The summed E-state index contributed by atoms with van der Waals surface area (Å²) in [4.78, 5) is 45.8. The van der Waals surface area contributed by atoms with Crippen LogP contribution in [-0.4, -0.2) is 28.7 Å². The van der Waals surface area contributed by atoms with Gasteiger partial charge in [-0.2, -0.15) is 0 Å². The second-order valence-electron chi connectivity index (χ2n) is 5.93. The van der Waals surface area contributed by atoms with E-state index in [2.05, 4.69) is 5.32 Å². The third kappa shape index (κ3) is 4.97. The summed E-state index contributed by atoms with van der Waals surface area (Å²) >= 11 is 0. The number of ether oxygens (including phenoxy) is 1. The molecular formula is C19H18N2O6. The molecule has 0 saturated carbocycles. The number of hydrogen-bond acceptors (Lipinski definition) is 6. The van der Waals surface area contributed by atoms with Crippen LogP contribution in [0, 0.1) is 17.0 Å². The molecular weight excluding hydrogens is 352 g/mol. The molecule has 0 saturated heterocycles. The Balaban J connectivity index is 2.01. The maximum atomic E-state index is 12.2. The van der Waals surface area contributed by atoms with Gasteiger partial charge in [-0.3, -0.25) is 19.7 Å². The number of carbonyl (C=O) groups excluding carboxylic acids is 3. The molecule has 0 aliphatic rings. The summed E-state index contributed by atoms with van der Waals surface area (Å²) in [5.41, 5.74) is 1.30. The summed E-state index contributed by atoms with van der Waals surface area (Å²) in [7, 11) is 0. The van der Waals surface area contributed by atoms with E-state index in [0.717, 1.165) is 0 Å². The fourth-order valence-corrected chi connectivity index (χ4v) is 2.30. The smallest absolute Gasteiger partial charge is 0.338 e. The van der Waals surface area contributed by atoms with Crippen molar-refractivity contribution >= 4 is 29.0 Å². The fourth-order valence-electron chi connectivity index (χ4n) is 2.30. The van der Waals surface area contributed by atoms with Gasteiger partial charge in [0.1, 0.15) is 0 Å². The molecule has 0 unspecified atom stereocenters. The van der Waals surface area contributed by atoms with E-state index in [-0.39, 0.29) is 17.0 Å². The predicted octanol–water partition coefficient (Wildman–Crippen LogP) is 3.29. The number of Topliss-reactive ketones (excluding diaryl/α,β-unsaturated/α-hetero) is 1. The van der Waals surface area contributed by atoms with Crippen LogP contribution in [0.4, 0.5) is 11.4 Å². The van der Waals surface area contributed by atoms with Crippen molar-refractivity contribution < 1.29 is 24.0 Å². The van der Waals surface area contributed by atoms with Crippen LogP contribution in [0.1, 0.15) is 40.1 Å². The standard InChI is InChI=1S/C19H18N2O6/c1-11-10-15(6-9-17(11)21(25)26)19(24)27-13(3)18(23)20-16-7-4-14(5-8-16)12(2)22/h4-10,13H,1-3H3,(H,20,23)/t13-/m1/s1. The number of nitrogens with one attached hydrogen (secondary N) is 1. The molecule has 0 aromatic heterocycles. The van der Waals surface area contributed by atoms with Crippen molar-refractivity contribution in [1.29, 1.82) is 0 Å². The van der Waals surface area contributed by atoms with Crippen molar-refractivity contribution in [2.24, 2.45) is 0 Å². The Bertz CT molecular complexity index is 905. The zero-order chi connectivity index (χ0) is 20.1. The zero-order valence-corrected chi connectivity index (χ0v) is 15.0. The first-order chi connectivity index (χ1) is 12.7. The molecule has 2 aromatic carbocycles. The van der Waals surface area contributed by atoms with Crippen LogP contribution in [0.5, 0.6) is 0 Å². The molecule has 8 heteroatoms. The number of benzene rings is 2. The first kappa shape index (κ1) is 19.8. The molecule has 27 heavy (non-hydrogen) atoms. The lowest BCUT2D eigenvalue weighted by molar-refractivity contribution is -0.385. The Morgan fingerprint density at radius 2 is 1.67 bits per heavy atom. The molecule has 140 valence electrons. The van der Waals surface area contributed by atoms with Crippen molar-refractivity contribution in [1.82, 2.24) is 0 Å². The van der Waals surface area contributed by atoms with Gasteiger partial charge in [-0.05, 0) is 57.2 Å². The predicted molar refractivity (Wildman–Crippen MR) is 97.8 cm³/mol. The number of esters is 1. The molecule has 0 heterocycles. The van der Waals surface area contributed by atoms with E-state index >= 15 is 0 Å². The van der Waals surface area contributed by atoms with Gasteiger partial charge in [-0.1, -0.05) is 0 Å². The molecule has 1 atom stereocenters. The molecule has 0 aliphatic carbocycles. The van der Waals surface area contributed by atoms with Gasteiger partial charge >= 0.3 is 5.97 Å². The maximum absolute atomic E-state index is 12.2. The van der Waals surface area contributed by atoms with Crippen molar-refractivity contribution in [3.05, 3.63) is 69.3 Å². The Kier molecular flexibility index (Phi) is 6.02. The van der Waals surface area contributed by atoms with Crippen molar-refractivity contribution in [2.45, 2.75) is 26.9 Å². The van der Waals surface area contributed by atoms with E-state index in [1.165, 1.54) is 39.0 Å². The molecule has 8 nitrogen and oxygen atoms in total. The lowest BCUT2D eigenvalue weighted by atomic mass is 10.1. The summed E-state index contributed by atoms with van der Waals surface area (Å²) in [5, 5.41) is 13.4. The lowest BCUT2D eigenvalue weighted by Crippen LogP contribution is -2.30. The van der Waals surface area contributed by atoms with E-state index in [1.807, 2.05) is 0 Å². The molecule has 1 amide bonds. The minimum absolute atomic E-state index is 0.0893. The number of aryl methyl sites for hydroxylation is 1. The van der Waals surface area contributed by atoms with Crippen molar-refractivity contribution in [2.75, 3.05) is 5.32 Å². The Morgan fingerprint density at radius 3 is 2.19 bits per heavy atom. The van der Waals surface area contributed by atoms with Gasteiger partial charge in [0.2, 0.25) is 0 Å². The Labute approximate surface area is 155 Å². The third-order valence-electron chi connectivity index (χ3n) is 3.84. The molecule has 0 fully saturated rings. The first-order valence-electron chi connectivity index (χ1n) is 8.07. The van der Waals surface area contributed by atoms with E-state index in [0.29, 0.717) is 16.8 Å². The number of anilines is 1. The second kappa shape index (κ2) is 8.22. The van der Waals surface area contributed by atoms with E-state index in [9.17, 15) is 24.5 Å². The lowest BCUT2D eigenvalue weighted by Gasteiger charge is -2.14. The average molecular weight is 370 g/mol. The van der Waals surface area contributed by atoms with Gasteiger partial charge in [0, 0.05) is 22.9 Å². The van der Waals surface area contributed by atoms with Gasteiger partial charge in [-0.15, -0.1) is 0 Å². The fraction of sp³-hybridized carbons (Fsp3) is 0.211. The minimum Gasteiger partial charge on any atom is -0.449 e. The number of amides is 1. The van der Waals surface area contributed by atoms with Gasteiger partial charge in [0.05, 0.1) is 10.5 Å². The summed E-state index contributed by atoms with van der Waals surface area (Å²) < 4.78 is 5.11. The Hall–Kier alpha value is -3.55. The monoisotopic (exact) mass is 370 g/mol. The van der Waals surface area contributed by atoms with Crippen LogP contribution in [-0.2, 0) is 9.53 Å². The SMILES string of the molecule is CC(=O)c1ccc(NC(=O)[C@@H](C)OC(=O)c2ccc([N+](=O)[O-])c(C)c2)cc1. The van der Waals surface area contributed by atoms with Gasteiger partial charge in [0.15, 0.2) is 11.9 Å². The van der Waals surface area contributed by atoms with Crippen LogP contribution in [0.15, 0.2) is 42.5 Å². The Morgan fingerprint density at radius 1 is 1.07 bits per heavy atom. The molecule has 2 aromatic rings. The zero-order valence-electron chi connectivity index (χ0n) is 15.0. The summed E-state index contributed by atoms with van der Waals surface area (Å²) in [6.07, 6.45) is -1.08. The summed E-state index contributed by atoms with van der Waals surface area (Å²) in [6.45, 7) is 4.36. The molecule has 0 radical (unpaired) electrons. The largest absolute Gasteiger partial charge is 0.449 e. The van der Waals surface area contributed by atoms with Crippen LogP contribution in [0.25, 0.3) is 0 Å². The summed E-state index contributed by atoms with van der Waals surface area (Å²) in [5.74, 6) is -1.39. The molecule has 2 rings (SSSR count). The number of ketones is 1. The van der Waals surface area contributed by atoms with Gasteiger partial charge in [-0.25, -0.2) is 4.79 Å². The third-order valence-corrected chi connectivity index (χ3v) is 3.84. The quantitative estimate of drug-likeness (QED) is 0.361. The van der Waals surface area contributed by atoms with E-state index in [4.69, 9.17) is 4.74 Å². The van der Waals surface area contributed by atoms with E-state index < -0.39 is 22.9 Å². The number of nitrogens with zero attached hydrogens (tertiary/aromatic N) is 1. The number of carbonyl (C=O) groups is 3. The highest BCUT2D eigenvalue weighted by Gasteiger charge is 2.21. The van der Waals surface area contributed by atoms with Crippen LogP contribution >= 0.6 is 0 Å². The summed E-state index contributed by atoms with van der Waals surface area (Å²) in [6, 6.07) is 10.1. The first-order valence-corrected chi connectivity index (χ1v) is 8.07. The molecule has 0 bridgehead atoms. The van der Waals surface area contributed by atoms with Crippen LogP contribution in [0.2, 0.25) is 0 Å². The van der Waals surface area contributed by atoms with E-state index in [1.54, 1.807) is 24.3 Å². The number of rotatable bonds is 6. The second-order valence-corrected chi connectivity index (χ2v) is 5.93. The van der Waals surface area contributed by atoms with Gasteiger partial charge in [0.25, 0.3) is 11.6 Å². The number of nitro groups is 1. The van der Waals surface area contributed by atoms with Gasteiger partial charge < -0.3 is 10.1 Å². The topological polar surface area (TPSA) is 116 Å². The number of nitro benzene ring substituents is 1. The normalized spacial score (nSPS) is 11.4. The highest BCUT2D eigenvalue weighted by molar-refractivity contribution is 5.98.